The van der Waals surface area contributed by atoms with Gasteiger partial charge in [0.05, 0.1) is 5.56 Å². The van der Waals surface area contributed by atoms with E-state index in [0.717, 1.165) is 0 Å². The molecule has 7 heteroatoms. The van der Waals surface area contributed by atoms with Crippen molar-refractivity contribution in [3.63, 3.8) is 0 Å². The predicted octanol–water partition coefficient (Wildman–Crippen LogP) is 1.03. The molecule has 0 aromatic heterocycles. The molecule has 21 heavy (non-hydrogen) atoms. The van der Waals surface area contributed by atoms with Crippen molar-refractivity contribution in [2.45, 2.75) is 26.2 Å². The van der Waals surface area contributed by atoms with Crippen LogP contribution in [0.25, 0.3) is 0 Å². The number of rotatable bonds is 3. The zero-order chi connectivity index (χ0) is 15.7. The normalized spacial score (nSPS) is 15.3. The molecule has 1 aromatic carbocycles. The van der Waals surface area contributed by atoms with Crippen LogP contribution in [-0.4, -0.2) is 29.6 Å². The fourth-order valence-electron chi connectivity index (χ4n) is 2.19. The molecule has 1 heterocycles. The Balaban J connectivity index is 2.51. The number of anilines is 1. The van der Waals surface area contributed by atoms with E-state index in [0.29, 0.717) is 11.3 Å². The number of aromatic carboxylic acids is 1. The highest BCUT2D eigenvalue weighted by molar-refractivity contribution is 6.06. The second kappa shape index (κ2) is 5.43. The third kappa shape index (κ3) is 2.81. The van der Waals surface area contributed by atoms with E-state index in [1.54, 1.807) is 13.8 Å². The average Bonchev–Trinajstić information content (AvgIpc) is 2.38. The third-order valence-electron chi connectivity index (χ3n) is 3.32. The Bertz CT molecular complexity index is 624. The van der Waals surface area contributed by atoms with E-state index in [1.165, 1.54) is 17.0 Å². The van der Waals surface area contributed by atoms with Crippen LogP contribution in [0.3, 0.4) is 0 Å². The molecule has 0 saturated carbocycles. The van der Waals surface area contributed by atoms with Gasteiger partial charge in [0.25, 0.3) is 0 Å². The van der Waals surface area contributed by atoms with Crippen molar-refractivity contribution in [2.24, 2.45) is 0 Å². The van der Waals surface area contributed by atoms with Gasteiger partial charge in [-0.3, -0.25) is 15.0 Å². The van der Waals surface area contributed by atoms with Gasteiger partial charge in [-0.1, -0.05) is 25.2 Å². The summed E-state index contributed by atoms with van der Waals surface area (Å²) in [5.74, 6) is -2.43. The number of carbonyl (C=O) groups is 3. The summed E-state index contributed by atoms with van der Waals surface area (Å²) in [6.07, 6.45) is 0.129. The number of carboxylic acids is 1. The number of nitrogens with one attached hydrogen (secondary N) is 1. The summed E-state index contributed by atoms with van der Waals surface area (Å²) >= 11 is 0. The Morgan fingerprint density at radius 2 is 2.05 bits per heavy atom. The number of hydrogen-bond donors (Lipinski definition) is 2. The van der Waals surface area contributed by atoms with Gasteiger partial charge in [0.1, 0.15) is 0 Å². The minimum absolute atomic E-state index is 0.129. The van der Waals surface area contributed by atoms with Crippen LogP contribution in [0.5, 0.6) is 5.75 Å². The average molecular weight is 291 g/mol. The first-order valence-electron chi connectivity index (χ1n) is 6.51. The van der Waals surface area contributed by atoms with Gasteiger partial charge in [-0.25, -0.2) is 9.59 Å². The largest absolute Gasteiger partial charge is 0.872 e. The van der Waals surface area contributed by atoms with Gasteiger partial charge in [0.15, 0.2) is 0 Å². The van der Waals surface area contributed by atoms with E-state index in [1.807, 2.05) is 0 Å². The second-order valence-electron chi connectivity index (χ2n) is 5.13. The molecule has 3 amide bonds. The first-order chi connectivity index (χ1) is 9.81. The fraction of sp³-hybridized carbons (Fsp3) is 0.357. The van der Waals surface area contributed by atoms with E-state index in [2.05, 4.69) is 5.32 Å². The lowest BCUT2D eigenvalue weighted by Gasteiger charge is -2.29. The van der Waals surface area contributed by atoms with Crippen molar-refractivity contribution in [3.8, 4) is 5.75 Å². The lowest BCUT2D eigenvalue weighted by atomic mass is 9.97. The number of urea groups is 1. The highest BCUT2D eigenvalue weighted by Crippen LogP contribution is 2.32. The molecule has 2 N–H and O–H groups in total. The van der Waals surface area contributed by atoms with E-state index >= 15 is 0 Å². The highest BCUT2D eigenvalue weighted by Gasteiger charge is 2.25. The van der Waals surface area contributed by atoms with Gasteiger partial charge < -0.3 is 10.2 Å². The molecule has 7 nitrogen and oxygen atoms in total. The molecule has 0 spiro atoms. The molecular weight excluding hydrogens is 276 g/mol. The molecule has 0 unspecified atom stereocenters. The quantitative estimate of drug-likeness (QED) is 0.864. The Hall–Kier alpha value is -2.57. The van der Waals surface area contributed by atoms with Crippen LogP contribution in [0.4, 0.5) is 10.5 Å². The minimum Gasteiger partial charge on any atom is -0.872 e. The molecule has 1 aliphatic heterocycles. The van der Waals surface area contributed by atoms with Crippen LogP contribution < -0.4 is 15.3 Å². The van der Waals surface area contributed by atoms with Crippen molar-refractivity contribution in [1.82, 2.24) is 5.32 Å². The van der Waals surface area contributed by atoms with Crippen molar-refractivity contribution >= 4 is 23.6 Å². The number of carbonyl (C=O) groups excluding carboxylic acids is 2. The third-order valence-corrected chi connectivity index (χ3v) is 3.32. The van der Waals surface area contributed by atoms with Gasteiger partial charge in [-0.15, -0.1) is 0 Å². The molecule has 0 aliphatic carbocycles. The van der Waals surface area contributed by atoms with Crippen molar-refractivity contribution < 1.29 is 24.6 Å². The van der Waals surface area contributed by atoms with Crippen LogP contribution in [0, 0.1) is 0 Å². The maximum Gasteiger partial charge on any atom is 0.335 e. The molecule has 0 atom stereocenters. The number of amides is 3. The smallest absolute Gasteiger partial charge is 0.335 e. The van der Waals surface area contributed by atoms with Gasteiger partial charge >= 0.3 is 12.0 Å². The Morgan fingerprint density at radius 3 is 2.57 bits per heavy atom. The Labute approximate surface area is 121 Å². The lowest BCUT2D eigenvalue weighted by molar-refractivity contribution is -0.270. The van der Waals surface area contributed by atoms with Gasteiger partial charge in [0.2, 0.25) is 5.91 Å². The Kier molecular flexibility index (Phi) is 3.84. The summed E-state index contributed by atoms with van der Waals surface area (Å²) in [6, 6.07) is 2.07. The lowest BCUT2D eigenvalue weighted by Crippen LogP contribution is -2.49. The summed E-state index contributed by atoms with van der Waals surface area (Å²) in [4.78, 5) is 35.4. The summed E-state index contributed by atoms with van der Waals surface area (Å²) in [7, 11) is 0. The monoisotopic (exact) mass is 291 g/mol. The van der Waals surface area contributed by atoms with Gasteiger partial charge in [-0.2, -0.15) is 0 Å². The number of carboxylic acid groups (broad SMARTS) is 1. The topological polar surface area (TPSA) is 110 Å². The number of imide groups is 1. The van der Waals surface area contributed by atoms with Crippen LogP contribution in [-0.2, 0) is 4.79 Å². The predicted molar refractivity (Wildman–Crippen MR) is 72.4 cm³/mol. The second-order valence-corrected chi connectivity index (χ2v) is 5.13. The first-order valence-corrected chi connectivity index (χ1v) is 6.51. The van der Waals surface area contributed by atoms with Crippen molar-refractivity contribution in [3.05, 3.63) is 23.3 Å². The summed E-state index contributed by atoms with van der Waals surface area (Å²) in [5.41, 5.74) is 0.260. The first kappa shape index (κ1) is 14.8. The van der Waals surface area contributed by atoms with E-state index in [-0.39, 0.29) is 30.4 Å². The zero-order valence-corrected chi connectivity index (χ0v) is 11.7. The summed E-state index contributed by atoms with van der Waals surface area (Å²) in [6.45, 7) is 3.69. The maximum absolute atomic E-state index is 12.1. The van der Waals surface area contributed by atoms with Crippen molar-refractivity contribution in [1.29, 1.82) is 0 Å². The maximum atomic E-state index is 12.1. The number of hydrogen-bond acceptors (Lipinski definition) is 4. The van der Waals surface area contributed by atoms with Crippen LogP contribution in [0.1, 0.15) is 42.1 Å². The molecular formula is C14H15N2O5-. The number of nitrogens with zero attached hydrogens (tertiary/aromatic N) is 1. The Morgan fingerprint density at radius 1 is 1.38 bits per heavy atom. The molecule has 2 rings (SSSR count). The molecule has 1 aliphatic rings. The van der Waals surface area contributed by atoms with Crippen LogP contribution >= 0.6 is 0 Å². The molecule has 1 saturated heterocycles. The number of benzene rings is 1. The standard InChI is InChI=1S/C14H16N2O5/c1-7(2)9-5-8(6-10(12(9)18)13(19)20)16-4-3-11(17)15-14(16)21/h5-7,18H,3-4H2,1-2H3,(H,19,20)(H,15,17,21)/p-1. The summed E-state index contributed by atoms with van der Waals surface area (Å²) in [5, 5.41) is 23.4. The molecule has 0 radical (unpaired) electrons. The molecule has 0 bridgehead atoms. The van der Waals surface area contributed by atoms with Gasteiger partial charge in [-0.05, 0) is 18.1 Å². The zero-order valence-electron chi connectivity index (χ0n) is 11.7. The molecule has 1 aromatic rings. The van der Waals surface area contributed by atoms with E-state index < -0.39 is 17.7 Å². The van der Waals surface area contributed by atoms with Crippen LogP contribution in [0.15, 0.2) is 12.1 Å². The van der Waals surface area contributed by atoms with E-state index in [9.17, 15) is 19.5 Å². The van der Waals surface area contributed by atoms with Crippen LogP contribution in [0.2, 0.25) is 0 Å². The molecule has 1 fully saturated rings. The minimum atomic E-state index is -1.34. The SMILES string of the molecule is CC(C)c1cc(N2CCC(=O)NC2=O)cc(C(=O)O)c1[O-]. The highest BCUT2D eigenvalue weighted by atomic mass is 16.4. The van der Waals surface area contributed by atoms with Crippen molar-refractivity contribution in [2.75, 3.05) is 11.4 Å². The van der Waals surface area contributed by atoms with Gasteiger partial charge in [0, 0.05) is 18.7 Å². The molecule has 112 valence electrons. The fourth-order valence-corrected chi connectivity index (χ4v) is 2.19. The van der Waals surface area contributed by atoms with E-state index in [4.69, 9.17) is 5.11 Å². The summed E-state index contributed by atoms with van der Waals surface area (Å²) < 4.78 is 0.